The predicted molar refractivity (Wildman–Crippen MR) is 53.6 cm³/mol. The summed E-state index contributed by atoms with van der Waals surface area (Å²) in [6.45, 7) is 1.49. The van der Waals surface area contributed by atoms with E-state index in [1.165, 1.54) is 0 Å². The van der Waals surface area contributed by atoms with Crippen molar-refractivity contribution in [2.75, 3.05) is 25.6 Å². The zero-order valence-electron chi connectivity index (χ0n) is 8.19. The summed E-state index contributed by atoms with van der Waals surface area (Å²) in [7, 11) is 1.84. The molecule has 76 valence electrons. The first-order valence-corrected chi connectivity index (χ1v) is 4.76. The van der Waals surface area contributed by atoms with Crippen molar-refractivity contribution in [3.8, 4) is 5.75 Å². The summed E-state index contributed by atoms with van der Waals surface area (Å²) in [5.74, 6) is 1.67. The molecular formula is C10H14N2O2. The lowest BCUT2D eigenvalue weighted by atomic mass is 10.3. The van der Waals surface area contributed by atoms with Crippen LogP contribution in [0.15, 0.2) is 18.3 Å². The van der Waals surface area contributed by atoms with Gasteiger partial charge in [-0.1, -0.05) is 0 Å². The summed E-state index contributed by atoms with van der Waals surface area (Å²) in [6.07, 6.45) is 2.90. The number of rotatable bonds is 3. The van der Waals surface area contributed by atoms with Crippen LogP contribution < -0.4 is 10.1 Å². The molecule has 0 amide bonds. The van der Waals surface area contributed by atoms with E-state index < -0.39 is 0 Å². The van der Waals surface area contributed by atoms with Crippen LogP contribution in [0.5, 0.6) is 5.75 Å². The van der Waals surface area contributed by atoms with Gasteiger partial charge in [-0.15, -0.1) is 0 Å². The van der Waals surface area contributed by atoms with Crippen LogP contribution in [0, 0.1) is 0 Å². The highest BCUT2D eigenvalue weighted by atomic mass is 16.5. The van der Waals surface area contributed by atoms with Crippen LogP contribution in [0.4, 0.5) is 5.82 Å². The van der Waals surface area contributed by atoms with E-state index in [9.17, 15) is 0 Å². The number of aromatic nitrogens is 1. The fraction of sp³-hybridized carbons (Fsp3) is 0.500. The lowest BCUT2D eigenvalue weighted by Gasteiger charge is -2.11. The van der Waals surface area contributed by atoms with Crippen molar-refractivity contribution in [3.63, 3.8) is 0 Å². The van der Waals surface area contributed by atoms with Gasteiger partial charge in [0, 0.05) is 25.7 Å². The third-order valence-corrected chi connectivity index (χ3v) is 2.18. The minimum absolute atomic E-state index is 0.196. The number of nitrogens with one attached hydrogen (secondary N) is 1. The maximum Gasteiger partial charge on any atom is 0.129 e. The van der Waals surface area contributed by atoms with Gasteiger partial charge in [0.1, 0.15) is 17.7 Å². The Morgan fingerprint density at radius 3 is 3.29 bits per heavy atom. The van der Waals surface area contributed by atoms with Crippen molar-refractivity contribution < 1.29 is 9.47 Å². The molecule has 1 unspecified atom stereocenters. The molecule has 0 saturated carbocycles. The maximum atomic E-state index is 5.71. The highest BCUT2D eigenvalue weighted by molar-refractivity contribution is 5.39. The number of anilines is 1. The Morgan fingerprint density at radius 1 is 1.64 bits per heavy atom. The smallest absolute Gasteiger partial charge is 0.129 e. The average Bonchev–Trinajstić information content (AvgIpc) is 2.71. The first kappa shape index (κ1) is 9.27. The molecule has 1 N–H and O–H groups in total. The predicted octanol–water partition coefficient (Wildman–Crippen LogP) is 1.29. The molecule has 1 saturated heterocycles. The fourth-order valence-corrected chi connectivity index (χ4v) is 1.42. The van der Waals surface area contributed by atoms with Gasteiger partial charge in [-0.2, -0.15) is 0 Å². The summed E-state index contributed by atoms with van der Waals surface area (Å²) in [4.78, 5) is 4.11. The highest BCUT2D eigenvalue weighted by Crippen LogP contribution is 2.18. The van der Waals surface area contributed by atoms with Crippen LogP contribution in [0.1, 0.15) is 6.42 Å². The molecule has 1 aromatic heterocycles. The largest absolute Gasteiger partial charge is 0.488 e. The second-order valence-corrected chi connectivity index (χ2v) is 3.23. The summed E-state index contributed by atoms with van der Waals surface area (Å²) in [6, 6.07) is 3.75. The van der Waals surface area contributed by atoms with E-state index in [0.717, 1.165) is 24.6 Å². The standard InChI is InChI=1S/C10H14N2O2/c1-11-10-6-8(2-4-12-10)14-9-3-5-13-7-9/h2,4,6,9H,3,5,7H2,1H3,(H,11,12). The molecule has 0 bridgehead atoms. The van der Waals surface area contributed by atoms with Gasteiger partial charge >= 0.3 is 0 Å². The van der Waals surface area contributed by atoms with Crippen LogP contribution in [0.2, 0.25) is 0 Å². The molecule has 0 radical (unpaired) electrons. The van der Waals surface area contributed by atoms with E-state index in [-0.39, 0.29) is 6.10 Å². The van der Waals surface area contributed by atoms with Crippen molar-refractivity contribution in [1.82, 2.24) is 4.98 Å². The van der Waals surface area contributed by atoms with Crippen LogP contribution in [-0.4, -0.2) is 31.3 Å². The van der Waals surface area contributed by atoms with E-state index >= 15 is 0 Å². The van der Waals surface area contributed by atoms with Crippen LogP contribution in [-0.2, 0) is 4.74 Å². The van der Waals surface area contributed by atoms with E-state index in [4.69, 9.17) is 9.47 Å². The lowest BCUT2D eigenvalue weighted by Crippen LogP contribution is -2.15. The van der Waals surface area contributed by atoms with Crippen LogP contribution in [0.25, 0.3) is 0 Å². The minimum atomic E-state index is 0.196. The quantitative estimate of drug-likeness (QED) is 0.787. The number of hydrogen-bond donors (Lipinski definition) is 1. The first-order valence-electron chi connectivity index (χ1n) is 4.76. The van der Waals surface area contributed by atoms with Crippen molar-refractivity contribution in [2.45, 2.75) is 12.5 Å². The average molecular weight is 194 g/mol. The van der Waals surface area contributed by atoms with Gasteiger partial charge < -0.3 is 14.8 Å². The molecule has 1 fully saturated rings. The number of nitrogens with zero attached hydrogens (tertiary/aromatic N) is 1. The van der Waals surface area contributed by atoms with Gasteiger partial charge in [0.05, 0.1) is 13.2 Å². The van der Waals surface area contributed by atoms with Gasteiger partial charge in [-0.05, 0) is 6.07 Å². The van der Waals surface area contributed by atoms with Gasteiger partial charge in [0.25, 0.3) is 0 Å². The summed E-state index contributed by atoms with van der Waals surface area (Å²) >= 11 is 0. The maximum absolute atomic E-state index is 5.71. The molecule has 1 aromatic rings. The number of pyridine rings is 1. The molecule has 0 aromatic carbocycles. The zero-order valence-corrected chi connectivity index (χ0v) is 8.19. The molecule has 1 aliphatic heterocycles. The van der Waals surface area contributed by atoms with E-state index in [1.807, 2.05) is 19.2 Å². The Kier molecular flexibility index (Phi) is 2.84. The number of hydrogen-bond acceptors (Lipinski definition) is 4. The Labute approximate surface area is 83.2 Å². The van der Waals surface area contributed by atoms with Crippen LogP contribution in [0.3, 0.4) is 0 Å². The number of ether oxygens (including phenoxy) is 2. The normalized spacial score (nSPS) is 20.8. The van der Waals surface area contributed by atoms with Crippen molar-refractivity contribution in [1.29, 1.82) is 0 Å². The Hall–Kier alpha value is -1.29. The van der Waals surface area contributed by atoms with Gasteiger partial charge in [0.2, 0.25) is 0 Å². The molecular weight excluding hydrogens is 180 g/mol. The molecule has 4 nitrogen and oxygen atoms in total. The summed E-state index contributed by atoms with van der Waals surface area (Å²) in [5.41, 5.74) is 0. The van der Waals surface area contributed by atoms with E-state index in [1.54, 1.807) is 6.20 Å². The lowest BCUT2D eigenvalue weighted by molar-refractivity contribution is 0.141. The Balaban J connectivity index is 2.00. The van der Waals surface area contributed by atoms with Gasteiger partial charge in [0.15, 0.2) is 0 Å². The monoisotopic (exact) mass is 194 g/mol. The minimum Gasteiger partial charge on any atom is -0.488 e. The topological polar surface area (TPSA) is 43.4 Å². The molecule has 0 spiro atoms. The third kappa shape index (κ3) is 2.14. The van der Waals surface area contributed by atoms with Crippen molar-refractivity contribution >= 4 is 5.82 Å². The van der Waals surface area contributed by atoms with Crippen molar-refractivity contribution in [2.24, 2.45) is 0 Å². The highest BCUT2D eigenvalue weighted by Gasteiger charge is 2.17. The second-order valence-electron chi connectivity index (χ2n) is 3.23. The first-order chi connectivity index (χ1) is 6.88. The second kappa shape index (κ2) is 4.28. The Morgan fingerprint density at radius 2 is 2.57 bits per heavy atom. The molecule has 1 aliphatic rings. The molecule has 4 heteroatoms. The van der Waals surface area contributed by atoms with Crippen LogP contribution >= 0.6 is 0 Å². The van der Waals surface area contributed by atoms with Gasteiger partial charge in [-0.3, -0.25) is 0 Å². The van der Waals surface area contributed by atoms with Gasteiger partial charge in [-0.25, -0.2) is 4.98 Å². The summed E-state index contributed by atoms with van der Waals surface area (Å²) in [5, 5.41) is 2.97. The molecule has 2 rings (SSSR count). The molecule has 14 heavy (non-hydrogen) atoms. The third-order valence-electron chi connectivity index (χ3n) is 2.18. The molecule has 2 heterocycles. The SMILES string of the molecule is CNc1cc(OC2CCOC2)ccn1. The van der Waals surface area contributed by atoms with E-state index in [0.29, 0.717) is 6.61 Å². The molecule has 1 atom stereocenters. The fourth-order valence-electron chi connectivity index (χ4n) is 1.42. The molecule has 0 aliphatic carbocycles. The van der Waals surface area contributed by atoms with E-state index in [2.05, 4.69) is 10.3 Å². The summed E-state index contributed by atoms with van der Waals surface area (Å²) < 4.78 is 10.9. The van der Waals surface area contributed by atoms with Crippen molar-refractivity contribution in [3.05, 3.63) is 18.3 Å². The Bertz CT molecular complexity index is 298. The zero-order chi connectivity index (χ0) is 9.80.